The van der Waals surface area contributed by atoms with Gasteiger partial charge < -0.3 is 10.3 Å². The van der Waals surface area contributed by atoms with E-state index >= 15 is 0 Å². The number of thiazole rings is 1. The Morgan fingerprint density at radius 1 is 1.67 bits per heavy atom. The first-order chi connectivity index (χ1) is 8.21. The van der Waals surface area contributed by atoms with Gasteiger partial charge >= 0.3 is 6.18 Å². The maximum absolute atomic E-state index is 12.3. The molecule has 2 rings (SSSR count). The molecule has 0 aromatic carbocycles. The molecule has 2 atom stereocenters. The largest absolute Gasteiger partial charge is 0.623 e. The third kappa shape index (κ3) is 2.76. The molecule has 1 aromatic heterocycles. The Labute approximate surface area is 109 Å². The van der Waals surface area contributed by atoms with Crippen molar-refractivity contribution in [3.05, 3.63) is 15.7 Å². The van der Waals surface area contributed by atoms with Crippen molar-refractivity contribution in [2.45, 2.75) is 12.4 Å². The molecule has 0 aliphatic carbocycles. The van der Waals surface area contributed by atoms with Crippen molar-refractivity contribution < 1.29 is 18.3 Å². The van der Waals surface area contributed by atoms with Crippen LogP contribution < -0.4 is 4.65 Å². The summed E-state index contributed by atoms with van der Waals surface area (Å²) in [7, 11) is 0. The summed E-state index contributed by atoms with van der Waals surface area (Å²) in [4.78, 5) is 4.58. The number of nitrogens with zero attached hydrogens (tertiary/aromatic N) is 3. The molecule has 1 aromatic rings. The molecule has 1 saturated heterocycles. The summed E-state index contributed by atoms with van der Waals surface area (Å²) in [6, 6.07) is 0. The van der Waals surface area contributed by atoms with Gasteiger partial charge in [0.25, 0.3) is 5.13 Å². The Morgan fingerprint density at radius 2 is 2.33 bits per heavy atom. The lowest BCUT2D eigenvalue weighted by Crippen LogP contribution is -2.49. The topological polar surface area (TPSA) is 59.4 Å². The first-order valence-electron chi connectivity index (χ1n) is 4.88. The molecule has 2 heterocycles. The lowest BCUT2D eigenvalue weighted by molar-refractivity contribution is -0.144. The van der Waals surface area contributed by atoms with Crippen LogP contribution >= 0.6 is 22.9 Å². The van der Waals surface area contributed by atoms with Crippen LogP contribution in [0.3, 0.4) is 0 Å². The number of aliphatic hydroxyl groups is 1. The second-order valence-electron chi connectivity index (χ2n) is 3.99. The zero-order valence-electron chi connectivity index (χ0n) is 8.89. The number of hydrogen-bond donors (Lipinski definition) is 1. The molecule has 1 fully saturated rings. The number of β-amino-alcohol motifs (C(OH)–C–C–N with tert-alkyl or cyclic N) is 1. The van der Waals surface area contributed by atoms with Crippen molar-refractivity contribution in [1.29, 1.82) is 0 Å². The van der Waals surface area contributed by atoms with Crippen molar-refractivity contribution in [2.24, 2.45) is 0 Å². The predicted molar refractivity (Wildman–Crippen MR) is 60.8 cm³/mol. The molecule has 0 bridgehead atoms. The lowest BCUT2D eigenvalue weighted by Gasteiger charge is -2.37. The maximum Gasteiger partial charge on any atom is 0.401 e. The zero-order chi connectivity index (χ0) is 13.6. The van der Waals surface area contributed by atoms with Gasteiger partial charge in [-0.3, -0.25) is 4.65 Å². The van der Waals surface area contributed by atoms with Gasteiger partial charge in [-0.1, -0.05) is 11.6 Å². The highest BCUT2D eigenvalue weighted by molar-refractivity contribution is 7.19. The molecule has 0 saturated carbocycles. The van der Waals surface area contributed by atoms with Gasteiger partial charge in [-0.25, -0.2) is 4.90 Å². The highest BCUT2D eigenvalue weighted by Gasteiger charge is 2.45. The number of alkyl halides is 3. The van der Waals surface area contributed by atoms with E-state index in [0.29, 0.717) is 0 Å². The second-order valence-corrected chi connectivity index (χ2v) is 5.63. The van der Waals surface area contributed by atoms with E-state index in [4.69, 9.17) is 11.6 Å². The molecule has 18 heavy (non-hydrogen) atoms. The fraction of sp³-hybridized carbons (Fsp3) is 0.625. The van der Waals surface area contributed by atoms with Crippen LogP contribution in [0, 0.1) is 5.21 Å². The standard InChI is InChI=1S/C8H9ClF3N3O2S/c9-5-1-13-7(18-5)15(17)4-14(2-6(15)16)3-8(10,11)12/h1,6,16H,2-4H2. The normalized spacial score (nSPS) is 30.0. The van der Waals surface area contributed by atoms with Gasteiger partial charge in [-0.2, -0.15) is 18.2 Å². The van der Waals surface area contributed by atoms with Crippen LogP contribution in [0.5, 0.6) is 0 Å². The zero-order valence-corrected chi connectivity index (χ0v) is 10.5. The molecule has 102 valence electrons. The summed E-state index contributed by atoms with van der Waals surface area (Å²) in [5.74, 6) is 0. The minimum Gasteiger partial charge on any atom is -0.623 e. The Bertz CT molecular complexity index is 443. The Balaban J connectivity index is 2.15. The van der Waals surface area contributed by atoms with Gasteiger partial charge in [-0.15, -0.1) is 0 Å². The first-order valence-corrected chi connectivity index (χ1v) is 6.08. The van der Waals surface area contributed by atoms with Crippen molar-refractivity contribution in [3.63, 3.8) is 0 Å². The summed E-state index contributed by atoms with van der Waals surface area (Å²) < 4.78 is 35.6. The third-order valence-corrected chi connectivity index (χ3v) is 3.73. The quantitative estimate of drug-likeness (QED) is 0.668. The molecule has 0 radical (unpaired) electrons. The number of halogens is 4. The van der Waals surface area contributed by atoms with E-state index in [1.54, 1.807) is 0 Å². The van der Waals surface area contributed by atoms with Crippen molar-refractivity contribution >= 4 is 28.1 Å². The number of aromatic nitrogens is 1. The molecule has 0 spiro atoms. The average molecular weight is 304 g/mol. The molecular weight excluding hydrogens is 295 g/mol. The van der Waals surface area contributed by atoms with Crippen LogP contribution in [0.25, 0.3) is 0 Å². The van der Waals surface area contributed by atoms with E-state index in [9.17, 15) is 23.5 Å². The molecule has 1 aliphatic heterocycles. The van der Waals surface area contributed by atoms with Crippen LogP contribution in [0.2, 0.25) is 4.34 Å². The van der Waals surface area contributed by atoms with Crippen LogP contribution in [-0.4, -0.2) is 47.2 Å². The summed E-state index contributed by atoms with van der Waals surface area (Å²) in [6.07, 6.45) is -4.66. The second kappa shape index (κ2) is 4.58. The SMILES string of the molecule is [O-][N+]1(c2ncc(Cl)s2)CN(CC(F)(F)F)CC1O. The fourth-order valence-electron chi connectivity index (χ4n) is 1.79. The Hall–Kier alpha value is -0.450. The number of hydrogen-bond acceptors (Lipinski definition) is 5. The summed E-state index contributed by atoms with van der Waals surface area (Å²) >= 11 is 6.48. The van der Waals surface area contributed by atoms with Crippen molar-refractivity contribution in [2.75, 3.05) is 19.8 Å². The number of aliphatic hydroxyl groups excluding tert-OH is 1. The van der Waals surface area contributed by atoms with Gasteiger partial charge in [-0.05, 0) is 11.3 Å². The van der Waals surface area contributed by atoms with Crippen molar-refractivity contribution in [3.8, 4) is 0 Å². The third-order valence-electron chi connectivity index (χ3n) is 2.51. The predicted octanol–water partition coefficient (Wildman–Crippen LogP) is 1.76. The molecule has 1 N–H and O–H groups in total. The van der Waals surface area contributed by atoms with Gasteiger partial charge in [0.1, 0.15) is 11.0 Å². The van der Waals surface area contributed by atoms with Crippen LogP contribution in [0.4, 0.5) is 18.3 Å². The lowest BCUT2D eigenvalue weighted by atomic mass is 10.5. The van der Waals surface area contributed by atoms with Gasteiger partial charge in [0.05, 0.1) is 19.3 Å². The number of hydroxylamine groups is 2. The van der Waals surface area contributed by atoms with Crippen LogP contribution in [0.15, 0.2) is 6.20 Å². The molecule has 10 heteroatoms. The highest BCUT2D eigenvalue weighted by Crippen LogP contribution is 2.36. The number of quaternary nitrogens is 1. The van der Waals surface area contributed by atoms with Gasteiger partial charge in [0.15, 0.2) is 0 Å². The van der Waals surface area contributed by atoms with Crippen molar-refractivity contribution in [1.82, 2.24) is 14.5 Å². The monoisotopic (exact) mass is 303 g/mol. The summed E-state index contributed by atoms with van der Waals surface area (Å²) in [5.41, 5.74) is 0. The Kier molecular flexibility index (Phi) is 3.56. The molecule has 5 nitrogen and oxygen atoms in total. The summed E-state index contributed by atoms with van der Waals surface area (Å²) in [6.45, 7) is -2.07. The highest BCUT2D eigenvalue weighted by atomic mass is 35.5. The van der Waals surface area contributed by atoms with E-state index in [0.717, 1.165) is 16.2 Å². The van der Waals surface area contributed by atoms with Crippen LogP contribution in [0.1, 0.15) is 0 Å². The number of rotatable bonds is 2. The molecule has 2 unspecified atom stereocenters. The molecule has 1 aliphatic rings. The van der Waals surface area contributed by atoms with E-state index in [-0.39, 0.29) is 16.0 Å². The Morgan fingerprint density at radius 3 is 2.83 bits per heavy atom. The molecule has 0 amide bonds. The van der Waals surface area contributed by atoms with Gasteiger partial charge in [0.2, 0.25) is 6.23 Å². The first kappa shape index (κ1) is 14.0. The van der Waals surface area contributed by atoms with Gasteiger partial charge in [0, 0.05) is 0 Å². The van der Waals surface area contributed by atoms with E-state index < -0.39 is 30.3 Å². The van der Waals surface area contributed by atoms with Crippen LogP contribution in [-0.2, 0) is 0 Å². The van der Waals surface area contributed by atoms with E-state index in [1.165, 1.54) is 6.20 Å². The minimum absolute atomic E-state index is 0.0443. The summed E-state index contributed by atoms with van der Waals surface area (Å²) in [5, 5.41) is 21.9. The minimum atomic E-state index is -4.41. The fourth-order valence-corrected chi connectivity index (χ4v) is 2.76. The smallest absolute Gasteiger partial charge is 0.401 e. The molecular formula is C8H9ClF3N3O2S. The van der Waals surface area contributed by atoms with E-state index in [1.807, 2.05) is 0 Å². The average Bonchev–Trinajstić information content (AvgIpc) is 2.71. The maximum atomic E-state index is 12.3. The van der Waals surface area contributed by atoms with E-state index in [2.05, 4.69) is 4.98 Å².